The summed E-state index contributed by atoms with van der Waals surface area (Å²) in [6, 6.07) is 0.0921. The van der Waals surface area contributed by atoms with Gasteiger partial charge in [-0.15, -0.1) is 0 Å². The molecule has 3 rings (SSSR count). The molecule has 2 aliphatic rings. The van der Waals surface area contributed by atoms with E-state index in [1.165, 1.54) is 0 Å². The maximum absolute atomic E-state index is 13.0. The number of hydrogen-bond acceptors (Lipinski definition) is 3. The van der Waals surface area contributed by atoms with E-state index >= 15 is 0 Å². The van der Waals surface area contributed by atoms with Crippen LogP contribution in [0.5, 0.6) is 0 Å². The average Bonchev–Trinajstić information content (AvgIpc) is 2.77. The zero-order valence-electron chi connectivity index (χ0n) is 15.5. The number of nitrogens with one attached hydrogen (secondary N) is 2. The number of likely N-dealkylation sites (tertiary alicyclic amines) is 2. The lowest BCUT2D eigenvalue weighted by Crippen LogP contribution is -2.52. The van der Waals surface area contributed by atoms with Crippen LogP contribution in [0.4, 0.5) is 4.79 Å². The molecule has 0 radical (unpaired) electrons. The van der Waals surface area contributed by atoms with E-state index in [9.17, 15) is 9.59 Å². The summed E-state index contributed by atoms with van der Waals surface area (Å²) in [6.45, 7) is 5.38. The second kappa shape index (κ2) is 7.45. The zero-order chi connectivity index (χ0) is 18.0. The van der Waals surface area contributed by atoms with E-state index in [1.807, 2.05) is 18.7 Å². The first-order chi connectivity index (χ1) is 12.0. The highest BCUT2D eigenvalue weighted by molar-refractivity contribution is 5.78. The van der Waals surface area contributed by atoms with Gasteiger partial charge in [-0.25, -0.2) is 4.79 Å². The van der Waals surface area contributed by atoms with E-state index in [0.717, 1.165) is 55.6 Å². The molecule has 7 nitrogen and oxygen atoms in total. The van der Waals surface area contributed by atoms with Crippen molar-refractivity contribution >= 4 is 11.9 Å². The van der Waals surface area contributed by atoms with Crippen LogP contribution in [0.25, 0.3) is 0 Å². The number of likely N-dealkylation sites (N-methyl/N-ethyl adjacent to an activating group) is 1. The molecule has 7 heteroatoms. The Labute approximate surface area is 149 Å². The molecule has 0 aromatic carbocycles. The van der Waals surface area contributed by atoms with Crippen molar-refractivity contribution < 1.29 is 9.59 Å². The summed E-state index contributed by atoms with van der Waals surface area (Å²) in [5.41, 5.74) is 3.18. The molecule has 0 bridgehead atoms. The molecule has 2 atom stereocenters. The molecular formula is C18H29N5O2. The van der Waals surface area contributed by atoms with Crippen LogP contribution in [0, 0.1) is 13.8 Å². The summed E-state index contributed by atoms with van der Waals surface area (Å²) in [4.78, 5) is 28.4. The normalized spacial score (nSPS) is 25.0. The molecule has 3 amide bonds. The summed E-state index contributed by atoms with van der Waals surface area (Å²) in [5.74, 6) is 0.155. The van der Waals surface area contributed by atoms with Crippen LogP contribution in [0.15, 0.2) is 0 Å². The molecule has 1 aromatic rings. The van der Waals surface area contributed by atoms with E-state index in [0.29, 0.717) is 13.0 Å². The molecule has 1 aromatic heterocycles. The first-order valence-corrected chi connectivity index (χ1v) is 9.30. The molecule has 0 aliphatic carbocycles. The van der Waals surface area contributed by atoms with Gasteiger partial charge in [-0.2, -0.15) is 5.10 Å². The minimum Gasteiger partial charge on any atom is -0.344 e. The molecular weight excluding hydrogens is 318 g/mol. The molecule has 0 spiro atoms. The molecule has 3 heterocycles. The van der Waals surface area contributed by atoms with Gasteiger partial charge in [-0.05, 0) is 33.1 Å². The number of carbonyl (C=O) groups excluding carboxylic acids is 2. The van der Waals surface area contributed by atoms with E-state index in [1.54, 1.807) is 11.9 Å². The van der Waals surface area contributed by atoms with Crippen LogP contribution in [0.3, 0.4) is 0 Å². The molecule has 25 heavy (non-hydrogen) atoms. The predicted octanol–water partition coefficient (Wildman–Crippen LogP) is 2.27. The van der Waals surface area contributed by atoms with Crippen molar-refractivity contribution in [1.29, 1.82) is 0 Å². The van der Waals surface area contributed by atoms with Gasteiger partial charge in [-0.3, -0.25) is 9.89 Å². The lowest BCUT2D eigenvalue weighted by atomic mass is 9.99. The fourth-order valence-corrected chi connectivity index (χ4v) is 4.09. The van der Waals surface area contributed by atoms with Gasteiger partial charge >= 0.3 is 6.03 Å². The third-order valence-corrected chi connectivity index (χ3v) is 5.49. The SMILES string of the molecule is Cc1n[nH]c(C)c1[C@H]1CCCCCN1C(=O)N[C@H]1CCC(=O)N(C)C1. The van der Waals surface area contributed by atoms with Gasteiger partial charge in [0.25, 0.3) is 0 Å². The van der Waals surface area contributed by atoms with Gasteiger partial charge in [0.2, 0.25) is 5.91 Å². The van der Waals surface area contributed by atoms with Gasteiger partial charge in [0.15, 0.2) is 0 Å². The van der Waals surface area contributed by atoms with Crippen molar-refractivity contribution in [1.82, 2.24) is 25.3 Å². The van der Waals surface area contributed by atoms with Crippen LogP contribution < -0.4 is 5.32 Å². The van der Waals surface area contributed by atoms with E-state index in [-0.39, 0.29) is 24.0 Å². The Bertz CT molecular complexity index is 622. The Morgan fingerprint density at radius 2 is 2.04 bits per heavy atom. The van der Waals surface area contributed by atoms with Crippen LogP contribution in [0.2, 0.25) is 0 Å². The molecule has 2 fully saturated rings. The Morgan fingerprint density at radius 1 is 1.24 bits per heavy atom. The number of aromatic amines is 1. The Hall–Kier alpha value is -2.05. The molecule has 2 saturated heterocycles. The van der Waals surface area contributed by atoms with E-state index < -0.39 is 0 Å². The number of H-pyrrole nitrogens is 1. The number of nitrogens with zero attached hydrogens (tertiary/aromatic N) is 3. The smallest absolute Gasteiger partial charge is 0.318 e. The van der Waals surface area contributed by atoms with E-state index in [4.69, 9.17) is 0 Å². The van der Waals surface area contributed by atoms with Crippen molar-refractivity contribution in [3.63, 3.8) is 0 Å². The number of urea groups is 1. The summed E-state index contributed by atoms with van der Waals surface area (Å²) >= 11 is 0. The number of aromatic nitrogens is 2. The standard InChI is InChI=1S/C18H29N5O2/c1-12-17(13(2)21-20-12)15-7-5-4-6-10-23(15)18(25)19-14-8-9-16(24)22(3)11-14/h14-15H,4-11H2,1-3H3,(H,19,25)(H,20,21)/t14-,15+/m0/s1. The fraction of sp³-hybridized carbons (Fsp3) is 0.722. The molecule has 138 valence electrons. The van der Waals surface area contributed by atoms with Gasteiger partial charge < -0.3 is 15.1 Å². The first-order valence-electron chi connectivity index (χ1n) is 9.30. The number of piperidine rings is 1. The topological polar surface area (TPSA) is 81.3 Å². The third kappa shape index (κ3) is 3.80. The number of amides is 3. The maximum Gasteiger partial charge on any atom is 0.318 e. The Balaban J connectivity index is 1.75. The minimum absolute atomic E-state index is 0.0142. The number of aryl methyl sites for hydroxylation is 2. The van der Waals surface area contributed by atoms with Crippen LogP contribution in [-0.2, 0) is 4.79 Å². The van der Waals surface area contributed by atoms with E-state index in [2.05, 4.69) is 15.5 Å². The summed E-state index contributed by atoms with van der Waals surface area (Å²) in [7, 11) is 1.80. The van der Waals surface area contributed by atoms with Crippen LogP contribution in [-0.4, -0.2) is 58.1 Å². The Kier molecular flexibility index (Phi) is 5.30. The molecule has 0 unspecified atom stereocenters. The molecule has 2 N–H and O–H groups in total. The highest BCUT2D eigenvalue weighted by Crippen LogP contribution is 2.33. The maximum atomic E-state index is 13.0. The second-order valence-electron chi connectivity index (χ2n) is 7.37. The van der Waals surface area contributed by atoms with Gasteiger partial charge in [-0.1, -0.05) is 12.8 Å². The van der Waals surface area contributed by atoms with Gasteiger partial charge in [0.1, 0.15) is 0 Å². The van der Waals surface area contributed by atoms with Crippen LogP contribution >= 0.6 is 0 Å². The van der Waals surface area contributed by atoms with Crippen molar-refractivity contribution in [3.8, 4) is 0 Å². The Morgan fingerprint density at radius 3 is 2.72 bits per heavy atom. The van der Waals surface area contributed by atoms with Crippen molar-refractivity contribution in [3.05, 3.63) is 17.0 Å². The summed E-state index contributed by atoms with van der Waals surface area (Å²) in [6.07, 6.45) is 5.50. The first kappa shape index (κ1) is 17.8. The van der Waals surface area contributed by atoms with Crippen LogP contribution in [0.1, 0.15) is 61.5 Å². The summed E-state index contributed by atoms with van der Waals surface area (Å²) < 4.78 is 0. The average molecular weight is 347 g/mol. The molecule has 0 saturated carbocycles. The molecule has 2 aliphatic heterocycles. The number of hydrogen-bond donors (Lipinski definition) is 2. The van der Waals surface area contributed by atoms with Crippen molar-refractivity contribution in [2.75, 3.05) is 20.1 Å². The van der Waals surface area contributed by atoms with Crippen molar-refractivity contribution in [2.45, 2.75) is 64.5 Å². The monoisotopic (exact) mass is 347 g/mol. The summed E-state index contributed by atoms with van der Waals surface area (Å²) in [5, 5.41) is 10.5. The second-order valence-corrected chi connectivity index (χ2v) is 7.37. The highest BCUT2D eigenvalue weighted by atomic mass is 16.2. The largest absolute Gasteiger partial charge is 0.344 e. The van der Waals surface area contributed by atoms with Crippen molar-refractivity contribution in [2.24, 2.45) is 0 Å². The van der Waals surface area contributed by atoms with Gasteiger partial charge in [0.05, 0.1) is 11.7 Å². The highest BCUT2D eigenvalue weighted by Gasteiger charge is 2.32. The minimum atomic E-state index is -0.0142. The zero-order valence-corrected chi connectivity index (χ0v) is 15.5. The lowest BCUT2D eigenvalue weighted by molar-refractivity contribution is -0.132. The third-order valence-electron chi connectivity index (χ3n) is 5.49. The quantitative estimate of drug-likeness (QED) is 0.861. The predicted molar refractivity (Wildman–Crippen MR) is 95.2 cm³/mol. The number of rotatable bonds is 2. The van der Waals surface area contributed by atoms with Gasteiger partial charge in [0, 0.05) is 43.9 Å². The number of carbonyl (C=O) groups is 2. The lowest BCUT2D eigenvalue weighted by Gasteiger charge is -2.35. The fourth-order valence-electron chi connectivity index (χ4n) is 4.09.